The van der Waals surface area contributed by atoms with Gasteiger partial charge >= 0.3 is 0 Å². The number of nitrogens with one attached hydrogen (secondary N) is 2. The van der Waals surface area contributed by atoms with Gasteiger partial charge in [-0.2, -0.15) is 0 Å². The standard InChI is InChI=1S/C21H15ClN2O3S/c22-16-6-2-1-4-13(16)11-19-21(26)24-17-10-14(7-8-18(17)28-19)20(25)23-12-15-5-3-9-27-15/h1-11H,12H2,(H,23,25)(H,24,26)/b19-11+. The molecular weight excluding hydrogens is 396 g/mol. The van der Waals surface area contributed by atoms with Crippen LogP contribution in [0, 0.1) is 0 Å². The number of thioether (sulfide) groups is 1. The summed E-state index contributed by atoms with van der Waals surface area (Å²) < 4.78 is 5.20. The van der Waals surface area contributed by atoms with Crippen molar-refractivity contribution in [2.75, 3.05) is 5.32 Å². The molecule has 1 aromatic heterocycles. The van der Waals surface area contributed by atoms with Gasteiger partial charge in [0.05, 0.1) is 23.4 Å². The minimum atomic E-state index is -0.240. The highest BCUT2D eigenvalue weighted by molar-refractivity contribution is 8.04. The molecule has 2 N–H and O–H groups in total. The third kappa shape index (κ3) is 3.98. The first-order valence-corrected chi connectivity index (χ1v) is 9.69. The number of hydrogen-bond acceptors (Lipinski definition) is 4. The average Bonchev–Trinajstić information content (AvgIpc) is 3.21. The van der Waals surface area contributed by atoms with Gasteiger partial charge in [-0.3, -0.25) is 9.59 Å². The third-order valence-corrected chi connectivity index (χ3v) is 5.57. The Morgan fingerprint density at radius 1 is 1.18 bits per heavy atom. The molecule has 2 amide bonds. The third-order valence-electron chi connectivity index (χ3n) is 4.13. The minimum Gasteiger partial charge on any atom is -0.467 e. The lowest BCUT2D eigenvalue weighted by atomic mass is 10.1. The second kappa shape index (κ2) is 7.96. The van der Waals surface area contributed by atoms with Crippen LogP contribution in [0.3, 0.4) is 0 Å². The molecule has 1 aliphatic heterocycles. The summed E-state index contributed by atoms with van der Waals surface area (Å²) in [5.74, 6) is 0.200. The van der Waals surface area contributed by atoms with Crippen LogP contribution in [0.5, 0.6) is 0 Å². The van der Waals surface area contributed by atoms with Gasteiger partial charge in [-0.15, -0.1) is 0 Å². The highest BCUT2D eigenvalue weighted by atomic mass is 35.5. The monoisotopic (exact) mass is 410 g/mol. The van der Waals surface area contributed by atoms with Gasteiger partial charge in [0.2, 0.25) is 0 Å². The number of amides is 2. The minimum absolute atomic E-state index is 0.231. The second-order valence-electron chi connectivity index (χ2n) is 6.06. The zero-order valence-electron chi connectivity index (χ0n) is 14.6. The first kappa shape index (κ1) is 18.4. The summed E-state index contributed by atoms with van der Waals surface area (Å²) in [6.07, 6.45) is 3.32. The predicted molar refractivity (Wildman–Crippen MR) is 110 cm³/mol. The molecule has 7 heteroatoms. The predicted octanol–water partition coefficient (Wildman–Crippen LogP) is 4.95. The number of benzene rings is 2. The molecule has 140 valence electrons. The summed E-state index contributed by atoms with van der Waals surface area (Å²) in [6.45, 7) is 0.300. The molecule has 1 aliphatic rings. The van der Waals surface area contributed by atoms with Crippen molar-refractivity contribution < 1.29 is 14.0 Å². The summed E-state index contributed by atoms with van der Waals surface area (Å²) in [6, 6.07) is 16.1. The Morgan fingerprint density at radius 2 is 2.04 bits per heavy atom. The zero-order chi connectivity index (χ0) is 19.5. The SMILES string of the molecule is O=C1Nc2cc(C(=O)NCc3ccco3)ccc2S/C1=C/c1ccccc1Cl. The van der Waals surface area contributed by atoms with Crippen LogP contribution in [-0.2, 0) is 11.3 Å². The molecule has 0 fully saturated rings. The Balaban J connectivity index is 1.52. The Morgan fingerprint density at radius 3 is 2.82 bits per heavy atom. The molecule has 3 aromatic rings. The Hall–Kier alpha value is -2.96. The first-order valence-electron chi connectivity index (χ1n) is 8.50. The summed E-state index contributed by atoms with van der Waals surface area (Å²) in [5.41, 5.74) is 1.85. The largest absolute Gasteiger partial charge is 0.467 e. The topological polar surface area (TPSA) is 71.3 Å². The molecule has 0 unspecified atom stereocenters. The van der Waals surface area contributed by atoms with Crippen molar-refractivity contribution >= 4 is 46.9 Å². The van der Waals surface area contributed by atoms with Crippen molar-refractivity contribution in [3.8, 4) is 0 Å². The van der Waals surface area contributed by atoms with E-state index in [-0.39, 0.29) is 11.8 Å². The molecule has 0 saturated heterocycles. The fourth-order valence-corrected chi connectivity index (χ4v) is 3.83. The van der Waals surface area contributed by atoms with Gasteiger partial charge in [0.15, 0.2) is 0 Å². The average molecular weight is 411 g/mol. The van der Waals surface area contributed by atoms with Crippen molar-refractivity contribution in [3.05, 3.63) is 87.7 Å². The molecule has 2 aromatic carbocycles. The number of furan rings is 1. The molecule has 4 rings (SSSR count). The Kier molecular flexibility index (Phi) is 5.23. The van der Waals surface area contributed by atoms with Crippen LogP contribution < -0.4 is 10.6 Å². The van der Waals surface area contributed by atoms with Crippen LogP contribution in [0.2, 0.25) is 5.02 Å². The maximum Gasteiger partial charge on any atom is 0.262 e. The molecule has 0 spiro atoms. The summed E-state index contributed by atoms with van der Waals surface area (Å²) >= 11 is 7.52. The highest BCUT2D eigenvalue weighted by Crippen LogP contribution is 2.39. The Labute approximate surface area is 170 Å². The first-order chi connectivity index (χ1) is 13.6. The molecule has 0 radical (unpaired) electrons. The lowest BCUT2D eigenvalue weighted by Gasteiger charge is -2.19. The second-order valence-corrected chi connectivity index (χ2v) is 7.55. The van der Waals surface area contributed by atoms with Crippen molar-refractivity contribution in [1.29, 1.82) is 0 Å². The highest BCUT2D eigenvalue weighted by Gasteiger charge is 2.22. The quantitative estimate of drug-likeness (QED) is 0.597. The number of carbonyl (C=O) groups excluding carboxylic acids is 2. The molecule has 2 heterocycles. The molecule has 0 aliphatic carbocycles. The number of hydrogen-bond donors (Lipinski definition) is 2. The van der Waals surface area contributed by atoms with Crippen LogP contribution >= 0.6 is 23.4 Å². The van der Waals surface area contributed by atoms with E-state index in [1.54, 1.807) is 42.7 Å². The van der Waals surface area contributed by atoms with Gasteiger partial charge in [-0.05, 0) is 48.0 Å². The van der Waals surface area contributed by atoms with E-state index in [9.17, 15) is 9.59 Å². The lowest BCUT2D eigenvalue weighted by molar-refractivity contribution is -0.112. The van der Waals surface area contributed by atoms with E-state index in [0.717, 1.165) is 10.5 Å². The maximum atomic E-state index is 12.5. The Bertz CT molecular complexity index is 1080. The smallest absolute Gasteiger partial charge is 0.262 e. The van der Waals surface area contributed by atoms with Gasteiger partial charge < -0.3 is 15.1 Å². The fourth-order valence-electron chi connectivity index (χ4n) is 2.72. The molecular formula is C21H15ClN2O3S. The molecule has 28 heavy (non-hydrogen) atoms. The van der Waals surface area contributed by atoms with Crippen molar-refractivity contribution in [2.24, 2.45) is 0 Å². The van der Waals surface area contributed by atoms with E-state index >= 15 is 0 Å². The fraction of sp³-hybridized carbons (Fsp3) is 0.0476. The van der Waals surface area contributed by atoms with Gasteiger partial charge in [0, 0.05) is 15.5 Å². The van der Waals surface area contributed by atoms with Crippen LogP contribution in [0.4, 0.5) is 5.69 Å². The maximum absolute atomic E-state index is 12.5. The van der Waals surface area contributed by atoms with E-state index in [1.165, 1.54) is 11.8 Å². The summed E-state index contributed by atoms with van der Waals surface area (Å²) in [7, 11) is 0. The van der Waals surface area contributed by atoms with Crippen molar-refractivity contribution in [1.82, 2.24) is 5.32 Å². The van der Waals surface area contributed by atoms with Crippen LogP contribution in [0.25, 0.3) is 6.08 Å². The van der Waals surface area contributed by atoms with E-state index < -0.39 is 0 Å². The van der Waals surface area contributed by atoms with Crippen LogP contribution in [0.1, 0.15) is 21.7 Å². The summed E-state index contributed by atoms with van der Waals surface area (Å²) in [5, 5.41) is 6.22. The normalized spacial score (nSPS) is 14.5. The molecule has 0 atom stereocenters. The van der Waals surface area contributed by atoms with Gasteiger partial charge in [-0.25, -0.2) is 0 Å². The number of rotatable bonds is 4. The summed E-state index contributed by atoms with van der Waals surface area (Å²) in [4.78, 5) is 26.2. The van der Waals surface area contributed by atoms with E-state index in [0.29, 0.717) is 33.5 Å². The number of halogens is 1. The van der Waals surface area contributed by atoms with Gasteiger partial charge in [0.1, 0.15) is 5.76 Å². The molecule has 0 bridgehead atoms. The van der Waals surface area contributed by atoms with Crippen molar-refractivity contribution in [2.45, 2.75) is 11.4 Å². The van der Waals surface area contributed by atoms with E-state index in [4.69, 9.17) is 16.0 Å². The number of anilines is 1. The molecule has 5 nitrogen and oxygen atoms in total. The number of fused-ring (bicyclic) bond motifs is 1. The van der Waals surface area contributed by atoms with E-state index in [1.807, 2.05) is 24.3 Å². The lowest BCUT2D eigenvalue weighted by Crippen LogP contribution is -2.23. The van der Waals surface area contributed by atoms with Crippen molar-refractivity contribution in [3.63, 3.8) is 0 Å². The molecule has 0 saturated carbocycles. The van der Waals surface area contributed by atoms with Crippen LogP contribution in [-0.4, -0.2) is 11.8 Å². The van der Waals surface area contributed by atoms with Gasteiger partial charge in [-0.1, -0.05) is 41.6 Å². The van der Waals surface area contributed by atoms with Crippen LogP contribution in [0.15, 0.2) is 75.1 Å². The zero-order valence-corrected chi connectivity index (χ0v) is 16.1. The van der Waals surface area contributed by atoms with E-state index in [2.05, 4.69) is 10.6 Å². The van der Waals surface area contributed by atoms with Gasteiger partial charge in [0.25, 0.3) is 11.8 Å². The number of carbonyl (C=O) groups is 2.